The number of nitrogens with two attached hydrogens (primary N) is 1. The lowest BCUT2D eigenvalue weighted by Gasteiger charge is -2.10. The van der Waals surface area contributed by atoms with Crippen LogP contribution in [-0.4, -0.2) is 36.9 Å². The second-order valence-electron chi connectivity index (χ2n) is 8.20. The van der Waals surface area contributed by atoms with Gasteiger partial charge in [-0.25, -0.2) is 14.6 Å². The van der Waals surface area contributed by atoms with Crippen molar-refractivity contribution < 1.29 is 9.90 Å². The van der Waals surface area contributed by atoms with Crippen LogP contribution in [0.25, 0.3) is 22.3 Å². The predicted octanol–water partition coefficient (Wildman–Crippen LogP) is 3.18. The third-order valence-electron chi connectivity index (χ3n) is 5.94. The molecule has 1 aliphatic carbocycles. The number of carbonyl (C=O) groups is 1. The quantitative estimate of drug-likeness (QED) is 0.410. The van der Waals surface area contributed by atoms with Crippen molar-refractivity contribution in [1.29, 1.82) is 0 Å². The number of rotatable bonds is 5. The zero-order valence-electron chi connectivity index (χ0n) is 18.1. The highest BCUT2D eigenvalue weighted by molar-refractivity contribution is 5.98. The van der Waals surface area contributed by atoms with Crippen molar-refractivity contribution >= 4 is 22.8 Å². The van der Waals surface area contributed by atoms with E-state index in [9.17, 15) is 9.90 Å². The Morgan fingerprint density at radius 3 is 2.67 bits per heavy atom. The molecule has 5 rings (SSSR count). The number of anilines is 1. The number of nitrogens with one attached hydrogen (secondary N) is 1. The van der Waals surface area contributed by atoms with Gasteiger partial charge in [0.25, 0.3) is 5.91 Å². The highest BCUT2D eigenvalue weighted by Gasteiger charge is 2.25. The highest BCUT2D eigenvalue weighted by atomic mass is 16.3. The summed E-state index contributed by atoms with van der Waals surface area (Å²) >= 11 is 0. The SMILES string of the molecule is Cc1ccccc1C(=O)NCc1ccc(-c2nn(C3C=CC(O)C3)c3ncnc(N)c23)cc1. The van der Waals surface area contributed by atoms with E-state index >= 15 is 0 Å². The summed E-state index contributed by atoms with van der Waals surface area (Å²) in [5, 5.41) is 18.4. The van der Waals surface area contributed by atoms with Crippen LogP contribution in [0, 0.1) is 6.92 Å². The van der Waals surface area contributed by atoms with Crippen molar-refractivity contribution in [3.63, 3.8) is 0 Å². The molecule has 2 heterocycles. The van der Waals surface area contributed by atoms with E-state index in [1.165, 1.54) is 6.33 Å². The van der Waals surface area contributed by atoms with Crippen molar-refractivity contribution in [1.82, 2.24) is 25.1 Å². The number of hydrogen-bond acceptors (Lipinski definition) is 6. The first-order valence-electron chi connectivity index (χ1n) is 10.8. The van der Waals surface area contributed by atoms with E-state index < -0.39 is 6.10 Å². The van der Waals surface area contributed by atoms with Gasteiger partial charge < -0.3 is 16.2 Å². The van der Waals surface area contributed by atoms with Crippen LogP contribution in [0.4, 0.5) is 5.82 Å². The number of allylic oxidation sites excluding steroid dienone is 1. The molecule has 0 saturated heterocycles. The van der Waals surface area contributed by atoms with Crippen molar-refractivity contribution in [2.45, 2.75) is 32.0 Å². The molecule has 0 saturated carbocycles. The molecular weight excluding hydrogens is 416 g/mol. The van der Waals surface area contributed by atoms with E-state index in [-0.39, 0.29) is 11.9 Å². The van der Waals surface area contributed by atoms with Gasteiger partial charge >= 0.3 is 0 Å². The van der Waals surface area contributed by atoms with Crippen molar-refractivity contribution in [2.24, 2.45) is 0 Å². The van der Waals surface area contributed by atoms with Gasteiger partial charge in [-0.05, 0) is 24.1 Å². The number of aliphatic hydroxyl groups is 1. The Kier molecular flexibility index (Phi) is 5.35. The molecule has 2 atom stereocenters. The molecule has 0 radical (unpaired) electrons. The lowest BCUT2D eigenvalue weighted by atomic mass is 10.1. The number of aliphatic hydroxyl groups excluding tert-OH is 1. The summed E-state index contributed by atoms with van der Waals surface area (Å²) < 4.78 is 1.80. The maximum atomic E-state index is 12.5. The van der Waals surface area contributed by atoms with Crippen molar-refractivity contribution in [3.05, 3.63) is 83.7 Å². The molecule has 2 unspecified atom stereocenters. The summed E-state index contributed by atoms with van der Waals surface area (Å²) in [6, 6.07) is 15.2. The summed E-state index contributed by atoms with van der Waals surface area (Å²) in [6.45, 7) is 2.34. The minimum absolute atomic E-state index is 0.0959. The second-order valence-corrected chi connectivity index (χ2v) is 8.20. The van der Waals surface area contributed by atoms with E-state index in [1.54, 1.807) is 10.8 Å². The zero-order valence-corrected chi connectivity index (χ0v) is 18.1. The van der Waals surface area contributed by atoms with Crippen LogP contribution in [-0.2, 0) is 6.54 Å². The number of nitrogens with zero attached hydrogens (tertiary/aromatic N) is 4. The van der Waals surface area contributed by atoms with Gasteiger partial charge in [-0.2, -0.15) is 5.10 Å². The molecule has 8 heteroatoms. The van der Waals surface area contributed by atoms with Gasteiger partial charge in [0.1, 0.15) is 17.8 Å². The molecule has 0 bridgehead atoms. The Morgan fingerprint density at radius 1 is 1.15 bits per heavy atom. The topological polar surface area (TPSA) is 119 Å². The summed E-state index contributed by atoms with van der Waals surface area (Å²) in [4.78, 5) is 21.0. The Bertz CT molecular complexity index is 1360. The smallest absolute Gasteiger partial charge is 0.251 e. The molecule has 8 nitrogen and oxygen atoms in total. The molecule has 2 aromatic carbocycles. The molecule has 0 spiro atoms. The maximum absolute atomic E-state index is 12.5. The summed E-state index contributed by atoms with van der Waals surface area (Å²) in [5.41, 5.74) is 11.0. The number of aryl methyl sites for hydroxylation is 1. The minimum Gasteiger partial charge on any atom is -0.389 e. The molecule has 4 aromatic rings. The van der Waals surface area contributed by atoms with Crippen LogP contribution in [0.3, 0.4) is 0 Å². The fourth-order valence-electron chi connectivity index (χ4n) is 4.16. The van der Waals surface area contributed by atoms with E-state index in [0.29, 0.717) is 41.1 Å². The number of amides is 1. The molecule has 166 valence electrons. The van der Waals surface area contributed by atoms with Crippen LogP contribution in [0.2, 0.25) is 0 Å². The van der Waals surface area contributed by atoms with Gasteiger partial charge in [-0.15, -0.1) is 0 Å². The minimum atomic E-state index is -0.494. The van der Waals surface area contributed by atoms with Gasteiger partial charge in [-0.1, -0.05) is 54.6 Å². The number of aromatic nitrogens is 4. The Hall–Kier alpha value is -4.04. The van der Waals surface area contributed by atoms with Crippen molar-refractivity contribution in [2.75, 3.05) is 5.73 Å². The average Bonchev–Trinajstić information content (AvgIpc) is 3.42. The molecule has 1 aliphatic rings. The number of fused-ring (bicyclic) bond motifs is 1. The first-order valence-corrected chi connectivity index (χ1v) is 10.8. The fraction of sp³-hybridized carbons (Fsp3) is 0.200. The number of carbonyl (C=O) groups excluding carboxylic acids is 1. The van der Waals surface area contributed by atoms with Gasteiger partial charge in [0.2, 0.25) is 0 Å². The second kappa shape index (κ2) is 8.48. The molecule has 33 heavy (non-hydrogen) atoms. The van der Waals surface area contributed by atoms with E-state index in [1.807, 2.05) is 61.5 Å². The standard InChI is InChI=1S/C25H24N6O2/c1-15-4-2-3-5-20(15)25(33)27-13-16-6-8-17(9-7-16)22-21-23(26)28-14-29-24(21)31(30-22)18-10-11-19(32)12-18/h2-11,14,18-19,32H,12-13H2,1H3,(H,27,33)(H2,26,28,29). The highest BCUT2D eigenvalue weighted by Crippen LogP contribution is 2.34. The van der Waals surface area contributed by atoms with Gasteiger partial charge in [-0.3, -0.25) is 4.79 Å². The molecule has 0 fully saturated rings. The summed E-state index contributed by atoms with van der Waals surface area (Å²) in [6.07, 6.45) is 5.17. The van der Waals surface area contributed by atoms with Gasteiger partial charge in [0, 0.05) is 24.1 Å². The Balaban J connectivity index is 1.40. The molecule has 0 aliphatic heterocycles. The molecule has 1 amide bonds. The predicted molar refractivity (Wildman–Crippen MR) is 126 cm³/mol. The first-order chi connectivity index (χ1) is 16.0. The van der Waals surface area contributed by atoms with Crippen LogP contribution < -0.4 is 11.1 Å². The van der Waals surface area contributed by atoms with Gasteiger partial charge in [0.05, 0.1) is 17.5 Å². The van der Waals surface area contributed by atoms with E-state index in [0.717, 1.165) is 16.7 Å². The van der Waals surface area contributed by atoms with Crippen LogP contribution >= 0.6 is 0 Å². The monoisotopic (exact) mass is 440 g/mol. The van der Waals surface area contributed by atoms with Gasteiger partial charge in [0.15, 0.2) is 5.65 Å². The lowest BCUT2D eigenvalue weighted by molar-refractivity contribution is 0.0950. The number of nitrogen functional groups attached to an aromatic ring is 1. The molecule has 2 aromatic heterocycles. The van der Waals surface area contributed by atoms with Crippen LogP contribution in [0.15, 0.2) is 67.0 Å². The lowest BCUT2D eigenvalue weighted by Crippen LogP contribution is -2.23. The van der Waals surface area contributed by atoms with Crippen LogP contribution in [0.5, 0.6) is 0 Å². The van der Waals surface area contributed by atoms with E-state index in [2.05, 4.69) is 15.3 Å². The summed E-state index contributed by atoms with van der Waals surface area (Å²) in [5.74, 6) is 0.261. The average molecular weight is 441 g/mol. The number of hydrogen-bond donors (Lipinski definition) is 3. The van der Waals surface area contributed by atoms with Crippen molar-refractivity contribution in [3.8, 4) is 11.3 Å². The maximum Gasteiger partial charge on any atom is 0.251 e. The molecular formula is C25H24N6O2. The Morgan fingerprint density at radius 2 is 1.94 bits per heavy atom. The van der Waals surface area contributed by atoms with Crippen LogP contribution in [0.1, 0.15) is 33.9 Å². The molecule has 4 N–H and O–H groups in total. The van der Waals surface area contributed by atoms with E-state index in [4.69, 9.17) is 10.8 Å². The summed E-state index contributed by atoms with van der Waals surface area (Å²) in [7, 11) is 0. The fourth-order valence-corrected chi connectivity index (χ4v) is 4.16. The zero-order chi connectivity index (χ0) is 22.9. The number of benzene rings is 2. The largest absolute Gasteiger partial charge is 0.389 e. The Labute approximate surface area is 190 Å². The third kappa shape index (κ3) is 3.96. The first kappa shape index (κ1) is 20.8. The normalized spacial score (nSPS) is 17.5. The third-order valence-corrected chi connectivity index (χ3v) is 5.94.